The molecule has 0 atom stereocenters. The van der Waals surface area contributed by atoms with Crippen molar-refractivity contribution >= 4 is 0 Å². The second kappa shape index (κ2) is 8.26. The maximum absolute atomic E-state index is 12.5. The molecule has 0 aliphatic carbocycles. The number of aryl methyl sites for hydroxylation is 1. The molecule has 0 fully saturated rings. The smallest absolute Gasteiger partial charge is 0.212 e. The Balaban J connectivity index is 2.01. The topological polar surface area (TPSA) is 12.9 Å². The van der Waals surface area contributed by atoms with Crippen LogP contribution >= 0.6 is 0 Å². The van der Waals surface area contributed by atoms with Gasteiger partial charge in [-0.1, -0.05) is 51.5 Å². The van der Waals surface area contributed by atoms with Crippen LogP contribution in [0.5, 0.6) is 0 Å². The van der Waals surface area contributed by atoms with E-state index in [0.717, 1.165) is 12.0 Å². The minimum Gasteiger partial charge on any atom is -0.228 e. The first-order valence-corrected chi connectivity index (χ1v) is 6.43. The monoisotopic (exact) mass is 223 g/mol. The van der Waals surface area contributed by atoms with Gasteiger partial charge in [-0.15, -0.1) is 0 Å². The number of halogens is 1. The zero-order valence-electron chi connectivity index (χ0n) is 10.2. The van der Waals surface area contributed by atoms with Crippen LogP contribution in [0.3, 0.4) is 0 Å². The highest BCUT2D eigenvalue weighted by Crippen LogP contribution is 2.10. The lowest BCUT2D eigenvalue weighted by atomic mass is 10.1. The van der Waals surface area contributed by atoms with E-state index in [1.54, 1.807) is 6.20 Å². The van der Waals surface area contributed by atoms with Crippen LogP contribution < -0.4 is 0 Å². The summed E-state index contributed by atoms with van der Waals surface area (Å²) in [6.07, 6.45) is 11.9. The van der Waals surface area contributed by atoms with E-state index in [1.165, 1.54) is 51.0 Å². The Morgan fingerprint density at radius 1 is 1.00 bits per heavy atom. The summed E-state index contributed by atoms with van der Waals surface area (Å²) in [6, 6.07) is 3.27. The minimum absolute atomic E-state index is 0.386. The van der Waals surface area contributed by atoms with Crippen LogP contribution in [0.4, 0.5) is 4.39 Å². The summed E-state index contributed by atoms with van der Waals surface area (Å²) in [7, 11) is 0. The van der Waals surface area contributed by atoms with Crippen molar-refractivity contribution in [2.75, 3.05) is 0 Å². The predicted octanol–water partition coefficient (Wildman–Crippen LogP) is 4.51. The number of unbranched alkanes of at least 4 members (excludes halogenated alkanes) is 6. The Hall–Kier alpha value is -0.920. The van der Waals surface area contributed by atoms with E-state index < -0.39 is 0 Å². The summed E-state index contributed by atoms with van der Waals surface area (Å²) < 4.78 is 12.5. The molecule has 0 saturated carbocycles. The lowest BCUT2D eigenvalue weighted by molar-refractivity contribution is 0.576. The molecule has 0 aromatic carbocycles. The number of nitrogens with zero attached hydrogens (tertiary/aromatic N) is 1. The van der Waals surface area contributed by atoms with Crippen molar-refractivity contribution in [3.63, 3.8) is 0 Å². The summed E-state index contributed by atoms with van der Waals surface area (Å²) in [5.41, 5.74) is 1.15. The first kappa shape index (κ1) is 13.1. The fourth-order valence-electron chi connectivity index (χ4n) is 1.84. The van der Waals surface area contributed by atoms with E-state index in [2.05, 4.69) is 11.9 Å². The summed E-state index contributed by atoms with van der Waals surface area (Å²) >= 11 is 0. The normalized spacial score (nSPS) is 10.6. The molecule has 1 aromatic heterocycles. The standard InChI is InChI=1S/C14H22FN/c1-2-3-4-5-6-7-8-9-13-10-11-14(15)16-12-13/h10-12H,2-9H2,1H3. The molecule has 1 aromatic rings. The van der Waals surface area contributed by atoms with Crippen molar-refractivity contribution in [2.45, 2.75) is 58.3 Å². The van der Waals surface area contributed by atoms with E-state index in [9.17, 15) is 4.39 Å². The zero-order chi connectivity index (χ0) is 11.6. The Bertz CT molecular complexity index is 269. The molecule has 0 N–H and O–H groups in total. The van der Waals surface area contributed by atoms with Crippen molar-refractivity contribution in [1.29, 1.82) is 0 Å². The molecule has 0 saturated heterocycles. The van der Waals surface area contributed by atoms with E-state index in [-0.39, 0.29) is 5.95 Å². The summed E-state index contributed by atoms with van der Waals surface area (Å²) in [6.45, 7) is 2.24. The molecule has 16 heavy (non-hydrogen) atoms. The van der Waals surface area contributed by atoms with Crippen LogP contribution in [0.15, 0.2) is 18.3 Å². The van der Waals surface area contributed by atoms with Crippen LogP contribution in [0.1, 0.15) is 57.4 Å². The fourth-order valence-corrected chi connectivity index (χ4v) is 1.84. The Kier molecular flexibility index (Phi) is 6.78. The molecule has 1 rings (SSSR count). The van der Waals surface area contributed by atoms with Gasteiger partial charge in [0.2, 0.25) is 5.95 Å². The summed E-state index contributed by atoms with van der Waals surface area (Å²) in [5, 5.41) is 0. The first-order valence-electron chi connectivity index (χ1n) is 6.43. The van der Waals surface area contributed by atoms with Gasteiger partial charge in [0.05, 0.1) is 0 Å². The van der Waals surface area contributed by atoms with Gasteiger partial charge in [-0.2, -0.15) is 4.39 Å². The average molecular weight is 223 g/mol. The molecular weight excluding hydrogens is 201 g/mol. The summed E-state index contributed by atoms with van der Waals surface area (Å²) in [5.74, 6) is -0.386. The van der Waals surface area contributed by atoms with Crippen LogP contribution in [0.2, 0.25) is 0 Å². The maximum Gasteiger partial charge on any atom is 0.212 e. The molecule has 0 aliphatic rings. The van der Waals surface area contributed by atoms with Gasteiger partial charge in [0.25, 0.3) is 0 Å². The quantitative estimate of drug-likeness (QED) is 0.466. The van der Waals surface area contributed by atoms with Gasteiger partial charge < -0.3 is 0 Å². The largest absolute Gasteiger partial charge is 0.228 e. The maximum atomic E-state index is 12.5. The number of rotatable bonds is 8. The second-order valence-electron chi connectivity index (χ2n) is 4.36. The van der Waals surface area contributed by atoms with E-state index in [1.807, 2.05) is 6.07 Å². The molecule has 1 nitrogen and oxygen atoms in total. The van der Waals surface area contributed by atoms with Gasteiger partial charge in [-0.3, -0.25) is 0 Å². The average Bonchev–Trinajstić information content (AvgIpc) is 2.30. The van der Waals surface area contributed by atoms with Crippen LogP contribution in [-0.2, 0) is 6.42 Å². The van der Waals surface area contributed by atoms with E-state index >= 15 is 0 Å². The molecule has 0 radical (unpaired) electrons. The molecule has 0 spiro atoms. The number of hydrogen-bond acceptors (Lipinski definition) is 1. The Morgan fingerprint density at radius 2 is 1.69 bits per heavy atom. The molecule has 0 bridgehead atoms. The molecule has 90 valence electrons. The molecular formula is C14H22FN. The van der Waals surface area contributed by atoms with Gasteiger partial charge in [0, 0.05) is 6.20 Å². The van der Waals surface area contributed by atoms with Gasteiger partial charge in [-0.25, -0.2) is 4.98 Å². The molecule has 0 aliphatic heterocycles. The fraction of sp³-hybridized carbons (Fsp3) is 0.643. The lowest BCUT2D eigenvalue weighted by Gasteiger charge is -2.01. The van der Waals surface area contributed by atoms with Crippen molar-refractivity contribution in [2.24, 2.45) is 0 Å². The van der Waals surface area contributed by atoms with E-state index in [0.29, 0.717) is 0 Å². The van der Waals surface area contributed by atoms with Crippen molar-refractivity contribution in [1.82, 2.24) is 4.98 Å². The third-order valence-corrected chi connectivity index (χ3v) is 2.86. The third-order valence-electron chi connectivity index (χ3n) is 2.86. The predicted molar refractivity (Wildman–Crippen MR) is 65.9 cm³/mol. The van der Waals surface area contributed by atoms with Gasteiger partial charge >= 0.3 is 0 Å². The zero-order valence-corrected chi connectivity index (χ0v) is 10.2. The van der Waals surface area contributed by atoms with Crippen LogP contribution in [-0.4, -0.2) is 4.98 Å². The highest BCUT2D eigenvalue weighted by molar-refractivity contribution is 5.09. The van der Waals surface area contributed by atoms with Crippen molar-refractivity contribution in [3.8, 4) is 0 Å². The SMILES string of the molecule is CCCCCCCCCc1ccc(F)nc1. The van der Waals surface area contributed by atoms with Gasteiger partial charge in [0.15, 0.2) is 0 Å². The van der Waals surface area contributed by atoms with Crippen LogP contribution in [0.25, 0.3) is 0 Å². The second-order valence-corrected chi connectivity index (χ2v) is 4.36. The highest BCUT2D eigenvalue weighted by atomic mass is 19.1. The Morgan fingerprint density at radius 3 is 2.31 bits per heavy atom. The number of aromatic nitrogens is 1. The highest BCUT2D eigenvalue weighted by Gasteiger charge is 1.95. The van der Waals surface area contributed by atoms with Gasteiger partial charge in [0.1, 0.15) is 0 Å². The molecule has 2 heteroatoms. The van der Waals surface area contributed by atoms with Crippen LogP contribution in [0, 0.1) is 5.95 Å². The molecule has 1 heterocycles. The van der Waals surface area contributed by atoms with Crippen molar-refractivity contribution in [3.05, 3.63) is 29.8 Å². The lowest BCUT2D eigenvalue weighted by Crippen LogP contribution is -1.89. The molecule has 0 amide bonds. The minimum atomic E-state index is -0.386. The Labute approximate surface area is 98.1 Å². The summed E-state index contributed by atoms with van der Waals surface area (Å²) in [4.78, 5) is 3.65. The third kappa shape index (κ3) is 5.84. The molecule has 0 unspecified atom stereocenters. The first-order chi connectivity index (χ1) is 7.83. The number of hydrogen-bond donors (Lipinski definition) is 0. The van der Waals surface area contributed by atoms with E-state index in [4.69, 9.17) is 0 Å². The van der Waals surface area contributed by atoms with Gasteiger partial charge in [-0.05, 0) is 24.5 Å². The number of pyridine rings is 1. The van der Waals surface area contributed by atoms with Crippen molar-refractivity contribution < 1.29 is 4.39 Å².